The number of nitrogens with zero attached hydrogens (tertiary/aromatic N) is 4. The molecule has 0 radical (unpaired) electrons. The van der Waals surface area contributed by atoms with E-state index in [9.17, 15) is 34.6 Å². The van der Waals surface area contributed by atoms with Crippen LogP contribution in [0.2, 0.25) is 5.02 Å². The monoisotopic (exact) mass is 521 g/mol. The van der Waals surface area contributed by atoms with Crippen LogP contribution in [0, 0.1) is 26.1 Å². The van der Waals surface area contributed by atoms with E-state index in [1.54, 1.807) is 54.6 Å². The molecule has 0 spiro atoms. The molecule has 0 saturated carbocycles. The van der Waals surface area contributed by atoms with Gasteiger partial charge in [0, 0.05) is 17.6 Å². The standard InChI is InChI=1S/C24H16ClN5O7/c25-16-8-4-5-14(11-16)13-26-23(32)22(31)20-21(15-6-2-1-3-7-15)27-28(24(20)33)18-10-9-17(29(34)35)12-19(18)30(36)37/h1-12,20H,13H2,(H,26,32)/t20-/m1/s1. The van der Waals surface area contributed by atoms with E-state index in [1.807, 2.05) is 0 Å². The molecule has 186 valence electrons. The summed E-state index contributed by atoms with van der Waals surface area (Å²) in [6.45, 7) is -0.0403. The van der Waals surface area contributed by atoms with E-state index < -0.39 is 44.7 Å². The molecule has 0 fully saturated rings. The molecule has 3 aromatic carbocycles. The SMILES string of the molecule is O=C(NCc1cccc(Cl)c1)C(=O)[C@@H]1C(=O)N(c2ccc([N+](=O)[O-])cc2[N+](=O)[O-])N=C1c1ccccc1. The lowest BCUT2D eigenvalue weighted by Crippen LogP contribution is -2.42. The summed E-state index contributed by atoms with van der Waals surface area (Å²) in [5.41, 5.74) is -0.861. The molecule has 1 heterocycles. The van der Waals surface area contributed by atoms with Gasteiger partial charge in [-0.15, -0.1) is 0 Å². The predicted octanol–water partition coefficient (Wildman–Crippen LogP) is 3.41. The Kier molecular flexibility index (Phi) is 7.02. The predicted molar refractivity (Wildman–Crippen MR) is 132 cm³/mol. The number of rotatable bonds is 8. The third-order valence-corrected chi connectivity index (χ3v) is 5.66. The first-order valence-corrected chi connectivity index (χ1v) is 11.0. The largest absolute Gasteiger partial charge is 0.345 e. The maximum Gasteiger partial charge on any atom is 0.301 e. The molecule has 1 aliphatic heterocycles. The Balaban J connectivity index is 1.69. The number of anilines is 1. The van der Waals surface area contributed by atoms with Crippen LogP contribution in [0.1, 0.15) is 11.1 Å². The number of ketones is 1. The zero-order valence-corrected chi connectivity index (χ0v) is 19.5. The number of nitro benzene ring substituents is 2. The summed E-state index contributed by atoms with van der Waals surface area (Å²) in [4.78, 5) is 60.3. The quantitative estimate of drug-likeness (QED) is 0.205. The van der Waals surface area contributed by atoms with Crippen molar-refractivity contribution in [1.29, 1.82) is 0 Å². The minimum atomic E-state index is -1.70. The van der Waals surface area contributed by atoms with Crippen LogP contribution in [0.5, 0.6) is 0 Å². The number of carbonyl (C=O) groups is 3. The summed E-state index contributed by atoms with van der Waals surface area (Å²) < 4.78 is 0. The Morgan fingerprint density at radius 2 is 1.70 bits per heavy atom. The number of amides is 2. The maximum absolute atomic E-state index is 13.4. The van der Waals surface area contributed by atoms with E-state index in [0.29, 0.717) is 27.2 Å². The fourth-order valence-corrected chi connectivity index (χ4v) is 3.91. The summed E-state index contributed by atoms with van der Waals surface area (Å²) in [7, 11) is 0. The molecule has 0 aliphatic carbocycles. The van der Waals surface area contributed by atoms with Gasteiger partial charge in [-0.1, -0.05) is 54.1 Å². The second-order valence-electron chi connectivity index (χ2n) is 7.80. The molecular weight excluding hydrogens is 506 g/mol. The van der Waals surface area contributed by atoms with Gasteiger partial charge in [0.05, 0.1) is 21.6 Å². The fourth-order valence-electron chi connectivity index (χ4n) is 3.69. The van der Waals surface area contributed by atoms with Crippen molar-refractivity contribution in [2.45, 2.75) is 6.54 Å². The van der Waals surface area contributed by atoms with Crippen LogP contribution in [0.3, 0.4) is 0 Å². The molecule has 12 nitrogen and oxygen atoms in total. The van der Waals surface area contributed by atoms with Gasteiger partial charge >= 0.3 is 5.69 Å². The van der Waals surface area contributed by atoms with Gasteiger partial charge in [0.25, 0.3) is 17.5 Å². The normalized spacial score (nSPS) is 14.7. The number of nitrogens with one attached hydrogen (secondary N) is 1. The van der Waals surface area contributed by atoms with Crippen molar-refractivity contribution in [3.05, 3.63) is 109 Å². The van der Waals surface area contributed by atoms with Crippen molar-refractivity contribution in [1.82, 2.24) is 5.32 Å². The molecule has 13 heteroatoms. The molecule has 0 bridgehead atoms. The molecule has 0 aromatic heterocycles. The van der Waals surface area contributed by atoms with Gasteiger partial charge in [0.2, 0.25) is 5.78 Å². The lowest BCUT2D eigenvalue weighted by Gasteiger charge is -2.14. The summed E-state index contributed by atoms with van der Waals surface area (Å²) in [6, 6.07) is 17.3. The van der Waals surface area contributed by atoms with E-state index in [4.69, 9.17) is 11.6 Å². The van der Waals surface area contributed by atoms with Crippen molar-refractivity contribution in [2.75, 3.05) is 5.01 Å². The van der Waals surface area contributed by atoms with E-state index in [2.05, 4.69) is 10.4 Å². The Bertz CT molecular complexity index is 1480. The second kappa shape index (κ2) is 10.3. The summed E-state index contributed by atoms with van der Waals surface area (Å²) >= 11 is 5.94. The molecular formula is C24H16ClN5O7. The second-order valence-corrected chi connectivity index (χ2v) is 8.23. The molecule has 1 aliphatic rings. The van der Waals surface area contributed by atoms with Crippen molar-refractivity contribution >= 4 is 52.0 Å². The van der Waals surface area contributed by atoms with Crippen molar-refractivity contribution < 1.29 is 24.2 Å². The Morgan fingerprint density at radius 3 is 2.35 bits per heavy atom. The lowest BCUT2D eigenvalue weighted by molar-refractivity contribution is -0.393. The first kappa shape index (κ1) is 25.1. The molecule has 1 N–H and O–H groups in total. The number of benzene rings is 3. The topological polar surface area (TPSA) is 165 Å². The van der Waals surface area contributed by atoms with Gasteiger partial charge in [-0.3, -0.25) is 34.6 Å². The number of non-ortho nitro benzene ring substituents is 1. The molecule has 1 atom stereocenters. The van der Waals surface area contributed by atoms with Crippen LogP contribution in [-0.2, 0) is 20.9 Å². The van der Waals surface area contributed by atoms with E-state index in [-0.39, 0.29) is 17.9 Å². The van der Waals surface area contributed by atoms with Crippen LogP contribution in [0.15, 0.2) is 77.9 Å². The minimum Gasteiger partial charge on any atom is -0.345 e. The third-order valence-electron chi connectivity index (χ3n) is 5.43. The molecule has 37 heavy (non-hydrogen) atoms. The fraction of sp³-hybridized carbons (Fsp3) is 0.0833. The zero-order valence-electron chi connectivity index (χ0n) is 18.7. The summed E-state index contributed by atoms with van der Waals surface area (Å²) in [6.07, 6.45) is 0. The highest BCUT2D eigenvalue weighted by atomic mass is 35.5. The van der Waals surface area contributed by atoms with Gasteiger partial charge in [-0.05, 0) is 29.3 Å². The van der Waals surface area contributed by atoms with Crippen molar-refractivity contribution in [3.8, 4) is 0 Å². The van der Waals surface area contributed by atoms with Gasteiger partial charge < -0.3 is 5.32 Å². The summed E-state index contributed by atoms with van der Waals surface area (Å²) in [5, 5.41) is 30.4. The van der Waals surface area contributed by atoms with Crippen LogP contribution < -0.4 is 10.3 Å². The molecule has 2 amide bonds. The zero-order chi connectivity index (χ0) is 26.7. The average Bonchev–Trinajstić information content (AvgIpc) is 3.23. The highest BCUT2D eigenvalue weighted by molar-refractivity contribution is 6.49. The number of hydrazone groups is 1. The lowest BCUT2D eigenvalue weighted by atomic mass is 9.92. The maximum atomic E-state index is 13.4. The van der Waals surface area contributed by atoms with Crippen molar-refractivity contribution in [3.63, 3.8) is 0 Å². The number of Topliss-reactive ketones (excluding diaryl/α,β-unsaturated/α-hetero) is 1. The van der Waals surface area contributed by atoms with E-state index >= 15 is 0 Å². The first-order chi connectivity index (χ1) is 17.7. The number of carbonyl (C=O) groups excluding carboxylic acids is 3. The number of hydrogen-bond donors (Lipinski definition) is 1. The number of halogens is 1. The number of nitro groups is 2. The van der Waals surface area contributed by atoms with E-state index in [1.165, 1.54) is 0 Å². The smallest absolute Gasteiger partial charge is 0.301 e. The van der Waals surface area contributed by atoms with Gasteiger partial charge in [0.1, 0.15) is 5.69 Å². The van der Waals surface area contributed by atoms with Crippen molar-refractivity contribution in [2.24, 2.45) is 11.0 Å². The molecule has 3 aromatic rings. The Hall–Kier alpha value is -4.97. The van der Waals surface area contributed by atoms with Crippen LogP contribution >= 0.6 is 11.6 Å². The molecule has 4 rings (SSSR count). The van der Waals surface area contributed by atoms with Crippen LogP contribution in [0.25, 0.3) is 0 Å². The third kappa shape index (κ3) is 5.18. The van der Waals surface area contributed by atoms with Gasteiger partial charge in [-0.25, -0.2) is 0 Å². The first-order valence-electron chi connectivity index (χ1n) is 10.6. The van der Waals surface area contributed by atoms with E-state index in [0.717, 1.165) is 12.1 Å². The van der Waals surface area contributed by atoms with Crippen LogP contribution in [0.4, 0.5) is 17.1 Å². The minimum absolute atomic E-state index is 0.0403. The highest BCUT2D eigenvalue weighted by Crippen LogP contribution is 2.36. The Labute approximate surface area is 213 Å². The van der Waals surface area contributed by atoms with Gasteiger partial charge in [0.15, 0.2) is 5.92 Å². The highest BCUT2D eigenvalue weighted by Gasteiger charge is 2.46. The number of hydrogen-bond acceptors (Lipinski definition) is 8. The van der Waals surface area contributed by atoms with Crippen LogP contribution in [-0.4, -0.2) is 33.2 Å². The molecule has 0 saturated heterocycles. The molecule has 0 unspecified atom stereocenters. The average molecular weight is 522 g/mol. The summed E-state index contributed by atoms with van der Waals surface area (Å²) in [5.74, 6) is -4.90. The Morgan fingerprint density at radius 1 is 0.973 bits per heavy atom. The van der Waals surface area contributed by atoms with Gasteiger partial charge in [-0.2, -0.15) is 10.1 Å².